The fraction of sp³-hybridized carbons (Fsp3) is 0.429. The highest BCUT2D eigenvalue weighted by Gasteiger charge is 2.12. The fourth-order valence-corrected chi connectivity index (χ4v) is 2.09. The number of halogens is 1. The van der Waals surface area contributed by atoms with Crippen molar-refractivity contribution in [1.82, 2.24) is 5.32 Å². The zero-order chi connectivity index (χ0) is 13.7. The molecule has 0 spiro atoms. The monoisotopic (exact) mass is 311 g/mol. The number of terminal acetylenes is 1. The van der Waals surface area contributed by atoms with E-state index in [4.69, 9.17) is 11.2 Å². The van der Waals surface area contributed by atoms with Crippen LogP contribution >= 0.6 is 15.9 Å². The number of rotatable bonds is 5. The van der Waals surface area contributed by atoms with Gasteiger partial charge in [-0.3, -0.25) is 5.32 Å². The first-order valence-corrected chi connectivity index (χ1v) is 6.53. The van der Waals surface area contributed by atoms with Crippen molar-refractivity contribution in [2.45, 2.75) is 26.4 Å². The van der Waals surface area contributed by atoms with E-state index in [-0.39, 0.29) is 11.8 Å². The minimum Gasteiger partial charge on any atom is -0.503 e. The Hall–Kier alpha value is -1.18. The SMILES string of the molecule is C#CC(NCc1cc(Br)c(O)c(OC)c1)C(C)C. The molecule has 2 N–H and O–H groups in total. The zero-order valence-electron chi connectivity index (χ0n) is 10.8. The highest BCUT2D eigenvalue weighted by atomic mass is 79.9. The molecule has 0 aliphatic rings. The van der Waals surface area contributed by atoms with Gasteiger partial charge in [-0.1, -0.05) is 19.8 Å². The van der Waals surface area contributed by atoms with E-state index in [1.54, 1.807) is 6.07 Å². The highest BCUT2D eigenvalue weighted by molar-refractivity contribution is 9.10. The summed E-state index contributed by atoms with van der Waals surface area (Å²) in [5.41, 5.74) is 0.998. The third-order valence-corrected chi connectivity index (χ3v) is 3.28. The molecule has 3 nitrogen and oxygen atoms in total. The first-order valence-electron chi connectivity index (χ1n) is 5.74. The molecule has 0 saturated heterocycles. The average Bonchev–Trinajstić information content (AvgIpc) is 2.33. The molecule has 0 aliphatic carbocycles. The smallest absolute Gasteiger partial charge is 0.172 e. The molecule has 98 valence electrons. The number of phenolic OH excluding ortho intramolecular Hbond substituents is 1. The molecule has 1 atom stereocenters. The van der Waals surface area contributed by atoms with E-state index in [1.807, 2.05) is 6.07 Å². The molecule has 0 radical (unpaired) electrons. The highest BCUT2D eigenvalue weighted by Crippen LogP contribution is 2.35. The first kappa shape index (κ1) is 14.9. The Morgan fingerprint density at radius 3 is 2.67 bits per heavy atom. The lowest BCUT2D eigenvalue weighted by molar-refractivity contribution is 0.371. The van der Waals surface area contributed by atoms with Gasteiger partial charge in [0.25, 0.3) is 0 Å². The van der Waals surface area contributed by atoms with Crippen LogP contribution in [0.2, 0.25) is 0 Å². The average molecular weight is 312 g/mol. The van der Waals surface area contributed by atoms with Crippen LogP contribution in [0.25, 0.3) is 0 Å². The third kappa shape index (κ3) is 3.66. The van der Waals surface area contributed by atoms with Crippen molar-refractivity contribution in [1.29, 1.82) is 0 Å². The largest absolute Gasteiger partial charge is 0.503 e. The Labute approximate surface area is 117 Å². The van der Waals surface area contributed by atoms with Gasteiger partial charge in [0.2, 0.25) is 0 Å². The van der Waals surface area contributed by atoms with Gasteiger partial charge in [-0.05, 0) is 39.5 Å². The number of hydrogen-bond acceptors (Lipinski definition) is 3. The number of hydrogen-bond donors (Lipinski definition) is 2. The topological polar surface area (TPSA) is 41.5 Å². The minimum absolute atomic E-state index is 0.0311. The molecule has 4 heteroatoms. The van der Waals surface area contributed by atoms with E-state index < -0.39 is 0 Å². The molecular formula is C14H18BrNO2. The number of methoxy groups -OCH3 is 1. The van der Waals surface area contributed by atoms with Gasteiger partial charge in [-0.2, -0.15) is 0 Å². The van der Waals surface area contributed by atoms with E-state index in [9.17, 15) is 5.11 Å². The van der Waals surface area contributed by atoms with Crippen LogP contribution in [0.1, 0.15) is 19.4 Å². The van der Waals surface area contributed by atoms with E-state index >= 15 is 0 Å². The van der Waals surface area contributed by atoms with Crippen LogP contribution in [-0.2, 0) is 6.54 Å². The molecule has 1 aromatic carbocycles. The quantitative estimate of drug-likeness (QED) is 0.822. The summed E-state index contributed by atoms with van der Waals surface area (Å²) in [5.74, 6) is 3.65. The van der Waals surface area contributed by atoms with Crippen molar-refractivity contribution >= 4 is 15.9 Å². The molecule has 1 rings (SSSR count). The summed E-state index contributed by atoms with van der Waals surface area (Å²) in [6.07, 6.45) is 5.46. The maximum absolute atomic E-state index is 9.71. The van der Waals surface area contributed by atoms with Crippen LogP contribution < -0.4 is 10.1 Å². The zero-order valence-corrected chi connectivity index (χ0v) is 12.4. The van der Waals surface area contributed by atoms with Crippen molar-refractivity contribution < 1.29 is 9.84 Å². The molecule has 18 heavy (non-hydrogen) atoms. The Kier molecular flexibility index (Phi) is 5.52. The second-order valence-electron chi connectivity index (χ2n) is 4.40. The Balaban J connectivity index is 2.80. The third-order valence-electron chi connectivity index (χ3n) is 2.68. The summed E-state index contributed by atoms with van der Waals surface area (Å²) >= 11 is 3.29. The lowest BCUT2D eigenvalue weighted by Gasteiger charge is -2.17. The molecular weight excluding hydrogens is 294 g/mol. The minimum atomic E-state index is 0.0311. The lowest BCUT2D eigenvalue weighted by Crippen LogP contribution is -2.31. The van der Waals surface area contributed by atoms with Crippen LogP contribution in [0.4, 0.5) is 0 Å². The predicted octanol–water partition coefficient (Wildman–Crippen LogP) is 2.91. The van der Waals surface area contributed by atoms with Crippen LogP contribution in [0.15, 0.2) is 16.6 Å². The van der Waals surface area contributed by atoms with Crippen LogP contribution in [0, 0.1) is 18.3 Å². The molecule has 0 fully saturated rings. The number of aromatic hydroxyl groups is 1. The van der Waals surface area contributed by atoms with Gasteiger partial charge in [0.15, 0.2) is 11.5 Å². The van der Waals surface area contributed by atoms with Crippen molar-refractivity contribution in [2.24, 2.45) is 5.92 Å². The normalized spacial score (nSPS) is 12.2. The van der Waals surface area contributed by atoms with Gasteiger partial charge < -0.3 is 9.84 Å². The van der Waals surface area contributed by atoms with E-state index in [1.165, 1.54) is 7.11 Å². The number of benzene rings is 1. The molecule has 0 aromatic heterocycles. The predicted molar refractivity (Wildman–Crippen MR) is 76.7 cm³/mol. The van der Waals surface area contributed by atoms with Gasteiger partial charge in [0.1, 0.15) is 0 Å². The summed E-state index contributed by atoms with van der Waals surface area (Å²) in [5, 5.41) is 13.0. The molecule has 0 saturated carbocycles. The standard InChI is InChI=1S/C14H18BrNO2/c1-5-12(9(2)3)16-8-10-6-11(15)14(17)13(7-10)18-4/h1,6-7,9,12,16-17H,8H2,2-4H3. The molecule has 0 aliphatic heterocycles. The van der Waals surface area contributed by atoms with Crippen molar-refractivity contribution in [2.75, 3.05) is 7.11 Å². The van der Waals surface area contributed by atoms with E-state index in [2.05, 4.69) is 41.0 Å². The first-order chi connectivity index (χ1) is 8.49. The van der Waals surface area contributed by atoms with E-state index in [0.29, 0.717) is 22.7 Å². The van der Waals surface area contributed by atoms with E-state index in [0.717, 1.165) is 5.56 Å². The summed E-state index contributed by atoms with van der Waals surface area (Å²) in [4.78, 5) is 0. The summed E-state index contributed by atoms with van der Waals surface area (Å²) in [6.45, 7) is 4.78. The molecule has 0 heterocycles. The fourth-order valence-electron chi connectivity index (χ4n) is 1.60. The number of nitrogens with one attached hydrogen (secondary N) is 1. The van der Waals surface area contributed by atoms with Crippen molar-refractivity contribution in [3.63, 3.8) is 0 Å². The number of ether oxygens (including phenoxy) is 1. The summed E-state index contributed by atoms with van der Waals surface area (Å²) in [7, 11) is 1.52. The van der Waals surface area contributed by atoms with Crippen LogP contribution in [0.3, 0.4) is 0 Å². The van der Waals surface area contributed by atoms with Crippen molar-refractivity contribution in [3.05, 3.63) is 22.2 Å². The second-order valence-corrected chi connectivity index (χ2v) is 5.25. The van der Waals surface area contributed by atoms with Gasteiger partial charge in [0.05, 0.1) is 17.6 Å². The van der Waals surface area contributed by atoms with Crippen LogP contribution in [0.5, 0.6) is 11.5 Å². The maximum Gasteiger partial charge on any atom is 0.172 e. The van der Waals surface area contributed by atoms with Gasteiger partial charge in [0, 0.05) is 6.54 Å². The van der Waals surface area contributed by atoms with Crippen LogP contribution in [-0.4, -0.2) is 18.3 Å². The lowest BCUT2D eigenvalue weighted by atomic mass is 10.0. The van der Waals surface area contributed by atoms with Gasteiger partial charge in [-0.15, -0.1) is 6.42 Å². The maximum atomic E-state index is 9.71. The number of phenols is 1. The van der Waals surface area contributed by atoms with Gasteiger partial charge in [-0.25, -0.2) is 0 Å². The summed E-state index contributed by atoms with van der Waals surface area (Å²) in [6, 6.07) is 3.67. The summed E-state index contributed by atoms with van der Waals surface area (Å²) < 4.78 is 5.71. The second kappa shape index (κ2) is 6.67. The molecule has 0 bridgehead atoms. The molecule has 0 amide bonds. The molecule has 1 unspecified atom stereocenters. The van der Waals surface area contributed by atoms with Crippen molar-refractivity contribution in [3.8, 4) is 23.8 Å². The van der Waals surface area contributed by atoms with Gasteiger partial charge >= 0.3 is 0 Å². The Bertz CT molecular complexity index is 452. The molecule has 1 aromatic rings. The Morgan fingerprint density at radius 2 is 2.17 bits per heavy atom. The Morgan fingerprint density at radius 1 is 1.50 bits per heavy atom.